The molecule has 0 saturated heterocycles. The van der Waals surface area contributed by atoms with Gasteiger partial charge in [0.1, 0.15) is 12.4 Å². The lowest BCUT2D eigenvalue weighted by Gasteiger charge is -2.10. The highest BCUT2D eigenvalue weighted by atomic mass is 16.6. The van der Waals surface area contributed by atoms with E-state index in [0.29, 0.717) is 17.1 Å². The van der Waals surface area contributed by atoms with Crippen molar-refractivity contribution in [1.82, 2.24) is 0 Å². The molecule has 1 N–H and O–H groups in total. The van der Waals surface area contributed by atoms with Gasteiger partial charge in [-0.25, -0.2) is 0 Å². The van der Waals surface area contributed by atoms with Crippen molar-refractivity contribution in [2.45, 2.75) is 13.8 Å². The first-order valence-electron chi connectivity index (χ1n) is 7.02. The Morgan fingerprint density at radius 1 is 1.13 bits per heavy atom. The standard InChI is InChI=1S/C16H17N3O4/c1-11-10-16(23-8-7-20)12(2)9-15(11)18-17-13-3-5-14(6-4-13)19(21)22/h3-6,9-10,20H,7-8H2,1-2H3. The molecule has 0 radical (unpaired) electrons. The summed E-state index contributed by atoms with van der Waals surface area (Å²) in [6, 6.07) is 9.55. The first-order chi connectivity index (χ1) is 11.0. The summed E-state index contributed by atoms with van der Waals surface area (Å²) in [5, 5.41) is 27.7. The summed E-state index contributed by atoms with van der Waals surface area (Å²) in [7, 11) is 0. The maximum absolute atomic E-state index is 10.6. The zero-order valence-electron chi connectivity index (χ0n) is 12.9. The average Bonchev–Trinajstić information content (AvgIpc) is 2.54. The third-order valence-electron chi connectivity index (χ3n) is 3.18. The minimum atomic E-state index is -0.459. The van der Waals surface area contributed by atoms with E-state index in [1.54, 1.807) is 12.1 Å². The number of aryl methyl sites for hydroxylation is 2. The molecule has 0 unspecified atom stereocenters. The molecule has 0 heterocycles. The largest absolute Gasteiger partial charge is 0.491 e. The van der Waals surface area contributed by atoms with E-state index in [-0.39, 0.29) is 18.9 Å². The Hall–Kier alpha value is -2.80. The lowest BCUT2D eigenvalue weighted by Crippen LogP contribution is -2.02. The van der Waals surface area contributed by atoms with Gasteiger partial charge in [-0.3, -0.25) is 10.1 Å². The van der Waals surface area contributed by atoms with Crippen molar-refractivity contribution in [3.63, 3.8) is 0 Å². The molecule has 0 aliphatic rings. The Labute approximate surface area is 133 Å². The average molecular weight is 315 g/mol. The maximum atomic E-state index is 10.6. The molecule has 2 rings (SSSR count). The van der Waals surface area contributed by atoms with Crippen LogP contribution in [0.4, 0.5) is 17.1 Å². The van der Waals surface area contributed by atoms with E-state index in [2.05, 4.69) is 10.2 Å². The summed E-state index contributed by atoms with van der Waals surface area (Å²) in [5.41, 5.74) is 3.02. The molecule has 2 aromatic rings. The number of aliphatic hydroxyl groups excluding tert-OH is 1. The number of benzene rings is 2. The lowest BCUT2D eigenvalue weighted by atomic mass is 10.1. The SMILES string of the molecule is Cc1cc(OCCO)c(C)cc1N=Nc1ccc([N+](=O)[O-])cc1. The Morgan fingerprint density at radius 2 is 1.83 bits per heavy atom. The van der Waals surface area contributed by atoms with E-state index in [0.717, 1.165) is 11.1 Å². The topological polar surface area (TPSA) is 97.3 Å². The van der Waals surface area contributed by atoms with Gasteiger partial charge in [-0.05, 0) is 49.2 Å². The number of ether oxygens (including phenoxy) is 1. The molecule has 120 valence electrons. The van der Waals surface area contributed by atoms with Crippen molar-refractivity contribution < 1.29 is 14.8 Å². The van der Waals surface area contributed by atoms with Crippen LogP contribution in [0.5, 0.6) is 5.75 Å². The van der Waals surface area contributed by atoms with Crippen LogP contribution in [0, 0.1) is 24.0 Å². The number of nitrogens with zero attached hydrogens (tertiary/aromatic N) is 3. The minimum Gasteiger partial charge on any atom is -0.491 e. The Bertz CT molecular complexity index is 727. The highest BCUT2D eigenvalue weighted by molar-refractivity contribution is 5.53. The summed E-state index contributed by atoms with van der Waals surface area (Å²) >= 11 is 0. The molecule has 0 saturated carbocycles. The smallest absolute Gasteiger partial charge is 0.269 e. The number of rotatable bonds is 6. The van der Waals surface area contributed by atoms with Crippen molar-refractivity contribution in [2.75, 3.05) is 13.2 Å². The highest BCUT2D eigenvalue weighted by Crippen LogP contribution is 2.29. The lowest BCUT2D eigenvalue weighted by molar-refractivity contribution is -0.384. The molecule has 0 spiro atoms. The number of azo groups is 1. The molecular weight excluding hydrogens is 298 g/mol. The van der Waals surface area contributed by atoms with Crippen LogP contribution < -0.4 is 4.74 Å². The van der Waals surface area contributed by atoms with Gasteiger partial charge in [0, 0.05) is 12.1 Å². The quantitative estimate of drug-likeness (QED) is 0.495. The van der Waals surface area contributed by atoms with Gasteiger partial charge in [0.05, 0.1) is 22.9 Å². The summed E-state index contributed by atoms with van der Waals surface area (Å²) in [6.07, 6.45) is 0. The maximum Gasteiger partial charge on any atom is 0.269 e. The first kappa shape index (κ1) is 16.6. The van der Waals surface area contributed by atoms with Gasteiger partial charge in [0.25, 0.3) is 5.69 Å². The van der Waals surface area contributed by atoms with E-state index < -0.39 is 4.92 Å². The summed E-state index contributed by atoms with van der Waals surface area (Å²) in [4.78, 5) is 10.1. The van der Waals surface area contributed by atoms with Crippen molar-refractivity contribution in [3.05, 3.63) is 57.6 Å². The number of aliphatic hydroxyl groups is 1. The third-order valence-corrected chi connectivity index (χ3v) is 3.18. The molecule has 0 amide bonds. The van der Waals surface area contributed by atoms with Gasteiger partial charge in [-0.1, -0.05) is 0 Å². The second-order valence-electron chi connectivity index (χ2n) is 4.95. The Morgan fingerprint density at radius 3 is 2.43 bits per heavy atom. The van der Waals surface area contributed by atoms with E-state index in [1.807, 2.05) is 26.0 Å². The fourth-order valence-corrected chi connectivity index (χ4v) is 1.95. The zero-order valence-corrected chi connectivity index (χ0v) is 12.9. The molecule has 2 aromatic carbocycles. The van der Waals surface area contributed by atoms with Crippen molar-refractivity contribution in [2.24, 2.45) is 10.2 Å². The van der Waals surface area contributed by atoms with Crippen molar-refractivity contribution in [1.29, 1.82) is 0 Å². The monoisotopic (exact) mass is 315 g/mol. The molecule has 0 atom stereocenters. The molecule has 7 nitrogen and oxygen atoms in total. The Balaban J connectivity index is 2.18. The normalized spacial score (nSPS) is 10.9. The van der Waals surface area contributed by atoms with Crippen LogP contribution >= 0.6 is 0 Å². The van der Waals surface area contributed by atoms with Gasteiger partial charge in [-0.15, -0.1) is 0 Å². The number of non-ortho nitro benzene ring substituents is 1. The van der Waals surface area contributed by atoms with Gasteiger partial charge in [0.15, 0.2) is 0 Å². The van der Waals surface area contributed by atoms with Crippen LogP contribution in [-0.4, -0.2) is 23.2 Å². The van der Waals surface area contributed by atoms with Crippen LogP contribution in [0.25, 0.3) is 0 Å². The fraction of sp³-hybridized carbons (Fsp3) is 0.250. The van der Waals surface area contributed by atoms with Crippen LogP contribution in [0.1, 0.15) is 11.1 Å². The zero-order chi connectivity index (χ0) is 16.8. The second kappa shape index (κ2) is 7.46. The van der Waals surface area contributed by atoms with Gasteiger partial charge in [-0.2, -0.15) is 10.2 Å². The predicted octanol–water partition coefficient (Wildman–Crippen LogP) is 4.00. The molecular formula is C16H17N3O4. The number of hydrogen-bond donors (Lipinski definition) is 1. The van der Waals surface area contributed by atoms with Crippen molar-refractivity contribution >= 4 is 17.1 Å². The van der Waals surface area contributed by atoms with E-state index in [1.165, 1.54) is 12.1 Å². The van der Waals surface area contributed by atoms with E-state index >= 15 is 0 Å². The molecule has 0 aliphatic heterocycles. The predicted molar refractivity (Wildman–Crippen MR) is 85.8 cm³/mol. The van der Waals surface area contributed by atoms with Crippen LogP contribution in [0.15, 0.2) is 46.6 Å². The molecule has 0 bridgehead atoms. The van der Waals surface area contributed by atoms with E-state index in [9.17, 15) is 10.1 Å². The molecule has 7 heteroatoms. The van der Waals surface area contributed by atoms with Gasteiger partial charge in [0.2, 0.25) is 0 Å². The molecule has 0 aromatic heterocycles. The number of nitro groups is 1. The van der Waals surface area contributed by atoms with E-state index in [4.69, 9.17) is 9.84 Å². The highest BCUT2D eigenvalue weighted by Gasteiger charge is 2.06. The number of hydrogen-bond acceptors (Lipinski definition) is 6. The van der Waals surface area contributed by atoms with Crippen LogP contribution in [0.2, 0.25) is 0 Å². The molecule has 0 fully saturated rings. The summed E-state index contributed by atoms with van der Waals surface area (Å²) < 4.78 is 5.43. The number of nitro benzene ring substituents is 1. The third kappa shape index (κ3) is 4.33. The van der Waals surface area contributed by atoms with Crippen LogP contribution in [-0.2, 0) is 0 Å². The summed E-state index contributed by atoms with van der Waals surface area (Å²) in [5.74, 6) is 0.700. The first-order valence-corrected chi connectivity index (χ1v) is 7.02. The molecule has 0 aliphatic carbocycles. The van der Waals surface area contributed by atoms with Crippen LogP contribution in [0.3, 0.4) is 0 Å². The summed E-state index contributed by atoms with van der Waals surface area (Å²) in [6.45, 7) is 3.97. The van der Waals surface area contributed by atoms with Gasteiger partial charge >= 0.3 is 0 Å². The fourth-order valence-electron chi connectivity index (χ4n) is 1.95. The second-order valence-corrected chi connectivity index (χ2v) is 4.95. The van der Waals surface area contributed by atoms with Crippen molar-refractivity contribution in [3.8, 4) is 5.75 Å². The molecule has 23 heavy (non-hydrogen) atoms. The van der Waals surface area contributed by atoms with Gasteiger partial charge < -0.3 is 9.84 Å². The Kier molecular flexibility index (Phi) is 5.37. The minimum absolute atomic E-state index is 0.0151.